The Morgan fingerprint density at radius 1 is 0.771 bits per heavy atom. The Balaban J connectivity index is 1.34. The number of rotatable bonds is 14. The van der Waals surface area contributed by atoms with Crippen molar-refractivity contribution in [1.82, 2.24) is 15.2 Å². The van der Waals surface area contributed by atoms with Crippen LogP contribution in [0.2, 0.25) is 0 Å². The molecular weight excluding hydrogens is 638 g/mol. The Morgan fingerprint density at radius 2 is 1.42 bits per heavy atom. The average molecular weight is 671 g/mol. The molecule has 0 spiro atoms. The average Bonchev–Trinajstić information content (AvgIpc) is 3.10. The van der Waals surface area contributed by atoms with Crippen LogP contribution in [0.3, 0.4) is 0 Å². The first-order chi connectivity index (χ1) is 23.2. The maximum atomic E-state index is 13.9. The number of hydrogen-bond acceptors (Lipinski definition) is 6. The predicted molar refractivity (Wildman–Crippen MR) is 176 cm³/mol. The van der Waals surface area contributed by atoms with E-state index in [1.54, 1.807) is 30.5 Å². The first kappa shape index (κ1) is 33.7. The zero-order valence-electron chi connectivity index (χ0n) is 25.6. The molecule has 0 bridgehead atoms. The highest BCUT2D eigenvalue weighted by Crippen LogP contribution is 2.21. The minimum atomic E-state index is -3.98. The van der Waals surface area contributed by atoms with Crippen molar-refractivity contribution in [2.24, 2.45) is 0 Å². The molecule has 48 heavy (non-hydrogen) atoms. The fourth-order valence-corrected chi connectivity index (χ4v) is 5.87. The molecule has 2 N–H and O–H groups in total. The normalized spacial score (nSPS) is 11.7. The third-order valence-electron chi connectivity index (χ3n) is 7.30. The molecule has 1 aromatic heterocycles. The van der Waals surface area contributed by atoms with Gasteiger partial charge in [-0.3, -0.25) is 19.3 Å². The molecule has 2 amide bonds. The number of amides is 2. The molecule has 4 aromatic carbocycles. The van der Waals surface area contributed by atoms with Crippen molar-refractivity contribution < 1.29 is 31.5 Å². The Hall–Kier alpha value is -5.62. The molecule has 9 nitrogen and oxygen atoms in total. The molecule has 0 saturated carbocycles. The number of pyridine rings is 1. The summed E-state index contributed by atoms with van der Waals surface area (Å²) < 4.78 is 60.7. The third kappa shape index (κ3) is 9.46. The number of hydrogen-bond donors (Lipinski definition) is 2. The van der Waals surface area contributed by atoms with E-state index in [-0.39, 0.29) is 35.8 Å². The van der Waals surface area contributed by atoms with Crippen LogP contribution in [-0.4, -0.2) is 42.8 Å². The summed E-state index contributed by atoms with van der Waals surface area (Å²) in [6.45, 7) is -0.339. The van der Waals surface area contributed by atoms with E-state index in [0.717, 1.165) is 17.7 Å². The van der Waals surface area contributed by atoms with Gasteiger partial charge in [0.1, 0.15) is 23.4 Å². The van der Waals surface area contributed by atoms with Gasteiger partial charge < -0.3 is 15.0 Å². The van der Waals surface area contributed by atoms with E-state index >= 15 is 0 Å². The Bertz CT molecular complexity index is 1910. The van der Waals surface area contributed by atoms with Gasteiger partial charge in [0.05, 0.1) is 17.1 Å². The summed E-state index contributed by atoms with van der Waals surface area (Å²) in [6, 6.07) is 29.6. The van der Waals surface area contributed by atoms with Crippen LogP contribution in [0.25, 0.3) is 0 Å². The number of halogens is 2. The molecule has 1 atom stereocenters. The van der Waals surface area contributed by atoms with Gasteiger partial charge >= 0.3 is 0 Å². The number of benzene rings is 4. The van der Waals surface area contributed by atoms with Gasteiger partial charge in [0.25, 0.3) is 15.9 Å². The number of carbonyl (C=O) groups excluding carboxylic acids is 2. The topological polar surface area (TPSA) is 118 Å². The van der Waals surface area contributed by atoms with Crippen molar-refractivity contribution >= 4 is 27.5 Å². The molecule has 0 aliphatic rings. The third-order valence-corrected chi connectivity index (χ3v) is 8.70. The van der Waals surface area contributed by atoms with E-state index in [2.05, 4.69) is 15.0 Å². The number of nitrogens with zero attached hydrogens (tertiary/aromatic N) is 2. The van der Waals surface area contributed by atoms with Gasteiger partial charge in [0.2, 0.25) is 5.91 Å². The number of carbonyl (C=O) groups is 2. The van der Waals surface area contributed by atoms with Crippen LogP contribution in [0.5, 0.6) is 5.75 Å². The fraction of sp³-hybridized carbons (Fsp3) is 0.139. The Labute approximate surface area is 277 Å². The summed E-state index contributed by atoms with van der Waals surface area (Å²) in [6.07, 6.45) is 1.81. The van der Waals surface area contributed by atoms with Crippen molar-refractivity contribution in [3.8, 4) is 5.75 Å². The summed E-state index contributed by atoms with van der Waals surface area (Å²) in [5.41, 5.74) is 2.25. The van der Waals surface area contributed by atoms with Gasteiger partial charge in [0.15, 0.2) is 6.61 Å². The van der Waals surface area contributed by atoms with Crippen LogP contribution >= 0.6 is 0 Å². The lowest BCUT2D eigenvalue weighted by Gasteiger charge is -2.31. The van der Waals surface area contributed by atoms with Crippen LogP contribution in [0.15, 0.2) is 132 Å². The van der Waals surface area contributed by atoms with Crippen LogP contribution in [0, 0.1) is 11.6 Å². The number of sulfonamides is 1. The molecule has 1 heterocycles. The highest BCUT2D eigenvalue weighted by molar-refractivity contribution is 7.92. The monoisotopic (exact) mass is 670 g/mol. The number of anilines is 1. The van der Waals surface area contributed by atoms with Gasteiger partial charge in [-0.15, -0.1) is 0 Å². The molecule has 0 unspecified atom stereocenters. The summed E-state index contributed by atoms with van der Waals surface area (Å²) in [5.74, 6) is -1.66. The van der Waals surface area contributed by atoms with Crippen molar-refractivity contribution in [1.29, 1.82) is 0 Å². The standard InChI is InChI=1S/C36H32F2N4O5S/c37-28-11-9-27(10-12-28)24-42(34(22-26-6-2-1-3-7-26)36(44)40-23-31-8-4-5-21-39-31)35(43)25-47-32-17-19-33(20-18-32)48(45,46)41-30-15-13-29(38)14-16-30/h1-21,34,41H,22-25H2,(H,40,44)/t34-/m1/s1. The van der Waals surface area contributed by atoms with E-state index in [9.17, 15) is 26.8 Å². The van der Waals surface area contributed by atoms with Gasteiger partial charge in [0, 0.05) is 24.8 Å². The van der Waals surface area contributed by atoms with E-state index < -0.39 is 46.1 Å². The van der Waals surface area contributed by atoms with E-state index in [0.29, 0.717) is 11.3 Å². The summed E-state index contributed by atoms with van der Waals surface area (Å²) in [5, 5.41) is 2.89. The maximum Gasteiger partial charge on any atom is 0.261 e. The largest absolute Gasteiger partial charge is 0.484 e. The molecule has 0 fully saturated rings. The van der Waals surface area contributed by atoms with Crippen molar-refractivity contribution in [3.63, 3.8) is 0 Å². The Morgan fingerprint density at radius 3 is 2.06 bits per heavy atom. The lowest BCUT2D eigenvalue weighted by atomic mass is 10.0. The number of ether oxygens (including phenoxy) is 1. The lowest BCUT2D eigenvalue weighted by molar-refractivity contribution is -0.142. The van der Waals surface area contributed by atoms with Gasteiger partial charge in [-0.25, -0.2) is 17.2 Å². The predicted octanol–water partition coefficient (Wildman–Crippen LogP) is 5.50. The smallest absolute Gasteiger partial charge is 0.261 e. The van der Waals surface area contributed by atoms with E-state index in [4.69, 9.17) is 4.74 Å². The van der Waals surface area contributed by atoms with Gasteiger partial charge in [-0.05, 0) is 83.9 Å². The second kappa shape index (κ2) is 15.8. The van der Waals surface area contributed by atoms with Crippen molar-refractivity contribution in [2.75, 3.05) is 11.3 Å². The molecule has 12 heteroatoms. The Kier molecular flexibility index (Phi) is 11.1. The zero-order valence-corrected chi connectivity index (χ0v) is 26.4. The highest BCUT2D eigenvalue weighted by Gasteiger charge is 2.31. The molecule has 0 saturated heterocycles. The second-order valence-corrected chi connectivity index (χ2v) is 12.4. The molecule has 5 rings (SSSR count). The molecule has 246 valence electrons. The first-order valence-electron chi connectivity index (χ1n) is 14.9. The maximum absolute atomic E-state index is 13.9. The summed E-state index contributed by atoms with van der Waals surface area (Å²) in [4.78, 5) is 33.2. The van der Waals surface area contributed by atoms with Crippen molar-refractivity contribution in [2.45, 2.75) is 30.4 Å². The van der Waals surface area contributed by atoms with Crippen LogP contribution < -0.4 is 14.8 Å². The van der Waals surface area contributed by atoms with Crippen molar-refractivity contribution in [3.05, 3.63) is 156 Å². The molecular formula is C36H32F2N4O5S. The summed E-state index contributed by atoms with van der Waals surface area (Å²) in [7, 11) is -3.98. The van der Waals surface area contributed by atoms with Gasteiger partial charge in [-0.1, -0.05) is 48.5 Å². The minimum absolute atomic E-state index is 0.0107. The molecule has 0 aliphatic carbocycles. The van der Waals surface area contributed by atoms with Crippen LogP contribution in [-0.2, 0) is 39.1 Å². The van der Waals surface area contributed by atoms with Crippen LogP contribution in [0.4, 0.5) is 14.5 Å². The fourth-order valence-electron chi connectivity index (χ4n) is 4.81. The zero-order chi connectivity index (χ0) is 33.9. The van der Waals surface area contributed by atoms with E-state index in [1.165, 1.54) is 53.4 Å². The van der Waals surface area contributed by atoms with E-state index in [1.807, 2.05) is 36.4 Å². The molecule has 0 radical (unpaired) electrons. The lowest BCUT2D eigenvalue weighted by Crippen LogP contribution is -2.51. The first-order valence-corrected chi connectivity index (χ1v) is 16.4. The van der Waals surface area contributed by atoms with Gasteiger partial charge in [-0.2, -0.15) is 0 Å². The summed E-state index contributed by atoms with van der Waals surface area (Å²) >= 11 is 0. The number of aromatic nitrogens is 1. The minimum Gasteiger partial charge on any atom is -0.484 e. The number of nitrogens with one attached hydrogen (secondary N) is 2. The second-order valence-electron chi connectivity index (χ2n) is 10.8. The molecule has 5 aromatic rings. The molecule has 0 aliphatic heterocycles. The quantitative estimate of drug-likeness (QED) is 0.161. The SMILES string of the molecule is O=C(NCc1ccccn1)[C@@H](Cc1ccccc1)N(Cc1ccc(F)cc1)C(=O)COc1ccc(S(=O)(=O)Nc2ccc(F)cc2)cc1. The van der Waals surface area contributed by atoms with Crippen LogP contribution in [0.1, 0.15) is 16.8 Å². The highest BCUT2D eigenvalue weighted by atomic mass is 32.2.